The third-order valence-electron chi connectivity index (χ3n) is 26.5. The molecule has 2 aliphatic rings. The fraction of sp³-hybridized carbons (Fsp3) is 0.00833. The number of amides is 1. The van der Waals surface area contributed by atoms with Crippen LogP contribution in [0.25, 0.3) is 220 Å². The second-order valence-electron chi connectivity index (χ2n) is 33.6. The number of carbonyl (C=O) groups excluding carboxylic acids is 1. The van der Waals surface area contributed by atoms with E-state index in [1.54, 1.807) is 0 Å². The maximum atomic E-state index is 14.9. The van der Waals surface area contributed by atoms with Crippen LogP contribution in [0.15, 0.2) is 446 Å². The minimum atomic E-state index is -0.344. The number of pyridine rings is 2. The van der Waals surface area contributed by atoms with Crippen molar-refractivity contribution in [1.29, 1.82) is 0 Å². The Morgan fingerprint density at radius 1 is 0.240 bits per heavy atom. The van der Waals surface area contributed by atoms with Gasteiger partial charge in [-0.25, -0.2) is 9.97 Å². The molecule has 1 amide bonds. The van der Waals surface area contributed by atoms with Gasteiger partial charge in [0.05, 0.1) is 33.4 Å². The van der Waals surface area contributed by atoms with E-state index >= 15 is 0 Å². The van der Waals surface area contributed by atoms with Crippen molar-refractivity contribution in [2.24, 2.45) is 0 Å². The predicted molar refractivity (Wildman–Crippen MR) is 535 cm³/mol. The number of benzene rings is 21. The molecule has 0 radical (unpaired) electrons. The first-order chi connectivity index (χ1) is 63.8. The summed E-state index contributed by atoms with van der Waals surface area (Å²) in [5, 5.41) is 20.6. The number of imidazole rings is 2. The van der Waals surface area contributed by atoms with Crippen molar-refractivity contribution in [2.75, 3.05) is 10.2 Å². The van der Waals surface area contributed by atoms with Gasteiger partial charge in [0.2, 0.25) is 0 Å². The lowest BCUT2D eigenvalue weighted by Crippen LogP contribution is -2.37. The largest absolute Gasteiger partial charge is 0.359 e. The fourth-order valence-electron chi connectivity index (χ4n) is 20.7. The zero-order chi connectivity index (χ0) is 85.5. The smallest absolute Gasteiger partial charge is 0.264 e. The molecule has 0 saturated heterocycles. The number of nitrogens with zero attached hydrogens (tertiary/aromatic N) is 5. The quantitative estimate of drug-likeness (QED) is 0.155. The topological polar surface area (TPSA) is 101 Å². The van der Waals surface area contributed by atoms with Gasteiger partial charge in [-0.05, 0) is 199 Å². The normalized spacial score (nSPS) is 12.9. The zero-order valence-electron chi connectivity index (χ0n) is 69.6. The van der Waals surface area contributed by atoms with Crippen molar-refractivity contribution in [3.05, 3.63) is 469 Å². The Labute approximate surface area is 740 Å². The predicted octanol–water partition coefficient (Wildman–Crippen LogP) is 29.6. The van der Waals surface area contributed by atoms with Gasteiger partial charge in [0, 0.05) is 65.5 Å². The van der Waals surface area contributed by atoms with Crippen molar-refractivity contribution < 1.29 is 4.79 Å². The highest BCUT2D eigenvalue weighted by Gasteiger charge is 2.43. The van der Waals surface area contributed by atoms with Crippen molar-refractivity contribution in [1.82, 2.24) is 18.8 Å². The lowest BCUT2D eigenvalue weighted by atomic mass is 9.87. The van der Waals surface area contributed by atoms with Gasteiger partial charge in [-0.2, -0.15) is 0 Å². The van der Waals surface area contributed by atoms with E-state index in [0.29, 0.717) is 22.1 Å². The van der Waals surface area contributed by atoms with E-state index in [0.717, 1.165) is 182 Å². The molecule has 21 aromatic carbocycles. The van der Waals surface area contributed by atoms with Crippen molar-refractivity contribution in [3.63, 3.8) is 0 Å². The third-order valence-corrected chi connectivity index (χ3v) is 26.5. The number of carbonyl (C=O) groups is 1. The molecule has 27 rings (SSSR count). The molecular weight excluding hydrogens is 1570 g/mol. The van der Waals surface area contributed by atoms with Crippen LogP contribution in [0.3, 0.4) is 0 Å². The molecule has 0 fully saturated rings. The Kier molecular flexibility index (Phi) is 17.3. The second kappa shape index (κ2) is 30.0. The number of nitrogens with one attached hydrogen (secondary N) is 1. The van der Waals surface area contributed by atoms with Crippen LogP contribution in [0.2, 0.25) is 0 Å². The van der Waals surface area contributed by atoms with Crippen LogP contribution < -0.4 is 21.3 Å². The summed E-state index contributed by atoms with van der Waals surface area (Å²) in [6, 6.07) is 151. The van der Waals surface area contributed by atoms with Gasteiger partial charge >= 0.3 is 0 Å². The van der Waals surface area contributed by atoms with E-state index in [1.807, 2.05) is 159 Å². The van der Waals surface area contributed by atoms with E-state index in [4.69, 9.17) is 9.97 Å². The summed E-state index contributed by atoms with van der Waals surface area (Å²) in [7, 11) is 0. The molecule has 0 bridgehead atoms. The lowest BCUT2D eigenvalue weighted by molar-refractivity contribution is 0.0980. The zero-order valence-corrected chi connectivity index (χ0v) is 69.6. The highest BCUT2D eigenvalue weighted by Crippen LogP contribution is 2.55. The maximum Gasteiger partial charge on any atom is 0.264 e. The molecule has 9 heteroatoms. The van der Waals surface area contributed by atoms with E-state index in [1.165, 1.54) is 37.9 Å². The van der Waals surface area contributed by atoms with Gasteiger partial charge < -0.3 is 5.32 Å². The minimum Gasteiger partial charge on any atom is -0.359 e. The summed E-state index contributed by atoms with van der Waals surface area (Å²) in [6.07, 6.45) is -0.344. The molecule has 9 nitrogen and oxygen atoms in total. The summed E-state index contributed by atoms with van der Waals surface area (Å²) < 4.78 is 3.64. The number of aromatic nitrogens is 4. The van der Waals surface area contributed by atoms with Crippen LogP contribution in [0.1, 0.15) is 22.1 Å². The van der Waals surface area contributed by atoms with Crippen LogP contribution >= 0.6 is 0 Å². The molecule has 0 saturated carbocycles. The molecule has 1 unspecified atom stereocenters. The van der Waals surface area contributed by atoms with Gasteiger partial charge in [-0.3, -0.25) is 28.1 Å². The average Bonchev–Trinajstić information content (AvgIpc) is 1.57. The summed E-state index contributed by atoms with van der Waals surface area (Å²) in [5.74, 6) is 0.0124. The Morgan fingerprint density at radius 3 is 1.16 bits per heavy atom. The first-order valence-corrected chi connectivity index (χ1v) is 43.7. The monoisotopic (exact) mass is 1650 g/mol. The summed E-state index contributed by atoms with van der Waals surface area (Å²) in [4.78, 5) is 55.7. The van der Waals surface area contributed by atoms with Gasteiger partial charge in [0.1, 0.15) is 17.5 Å². The number of fused-ring (bicyclic) bond motifs is 15. The van der Waals surface area contributed by atoms with Gasteiger partial charge in [-0.1, -0.05) is 370 Å². The highest BCUT2D eigenvalue weighted by molar-refractivity contribution is 6.25. The Morgan fingerprint density at radius 2 is 0.612 bits per heavy atom. The second-order valence-corrected chi connectivity index (χ2v) is 33.6. The Hall–Kier alpha value is -17.3. The van der Waals surface area contributed by atoms with Crippen LogP contribution in [0, 0.1) is 0 Å². The summed E-state index contributed by atoms with van der Waals surface area (Å²) in [5.41, 5.74) is 28.1. The number of hydrogen-bond acceptors (Lipinski definition) is 6. The molecule has 1 N–H and O–H groups in total. The molecule has 1 atom stereocenters. The average molecular weight is 1650 g/mol. The molecule has 0 aliphatic carbocycles. The standard InChI is InChI=1S/C48H30N2O.2C36H22N2O/c51-48-42-24-10-23-40-39(37-21-8-15-30-12-2-5-18-34(30)37)25-26-41(45(40)42)47-49-46-43(38-22-9-16-31-13-3-6-19-35(31)38)27-32(28-44(46)50(47)48)36-20-7-14-29-11-1-4-17-33(29)36;39-36-30-18-10-17-28-27(24-13-6-2-7-14-24)19-20-29(33(28)30)35-37-34-31(25-15-8-3-9-16-25)21-26(22-32(34)38(35)36)23-11-4-1-5-12-23;39-36-30-18-10-17-28-27(24-13-6-2-7-14-24)19-20-29(33(28)30)35-37-32-22-26(23-11-4-1-5-12-23)21-31(34(32)38(35)36)25-15-8-3-9-16-25/h1-28,47,49H;2*1-22H. The molecule has 602 valence electrons. The molecular formula is C120H74N6O3. The van der Waals surface area contributed by atoms with Crippen molar-refractivity contribution in [3.8, 4) is 100 Å². The SMILES string of the molecule is O=C1c2cccc3c(-c4cccc5ccccc45)ccc(c23)C2Nc3c(-c4cccc5ccccc45)cc(-c4cccc5ccccc45)cc3N12.O=c1c2cccc3c(-c4ccccc4)ccc(c32)c2nc3c(-c4ccccc4)cc(-c4ccccc4)cc3n12.O=c1c2cccc3c(-c4ccccc4)ccc(c32)c2nc3cc(-c4ccccc4)cc(-c4ccccc4)c3n12. The van der Waals surface area contributed by atoms with Crippen molar-refractivity contribution >= 4 is 137 Å². The molecule has 2 aliphatic heterocycles. The highest BCUT2D eigenvalue weighted by atomic mass is 16.2. The minimum absolute atomic E-state index is 0.0124. The van der Waals surface area contributed by atoms with E-state index in [9.17, 15) is 14.4 Å². The fourth-order valence-corrected chi connectivity index (χ4v) is 20.7. The maximum absolute atomic E-state index is 14.9. The number of hydrogen-bond donors (Lipinski definition) is 1. The number of anilines is 2. The van der Waals surface area contributed by atoms with Crippen LogP contribution in [-0.2, 0) is 0 Å². The lowest BCUT2D eigenvalue weighted by Gasteiger charge is -2.32. The first-order valence-electron chi connectivity index (χ1n) is 43.7. The molecule has 129 heavy (non-hydrogen) atoms. The van der Waals surface area contributed by atoms with Crippen molar-refractivity contribution in [2.45, 2.75) is 6.17 Å². The van der Waals surface area contributed by atoms with E-state index in [-0.39, 0.29) is 23.2 Å². The number of rotatable bonds is 9. The molecule has 25 aromatic rings. The molecule has 0 spiro atoms. The summed E-state index contributed by atoms with van der Waals surface area (Å²) >= 11 is 0. The molecule has 6 heterocycles. The molecule has 4 aromatic heterocycles. The van der Waals surface area contributed by atoms with Gasteiger partial charge in [0.25, 0.3) is 17.0 Å². The van der Waals surface area contributed by atoms with Gasteiger partial charge in [0.15, 0.2) is 0 Å². The van der Waals surface area contributed by atoms with Crippen LogP contribution in [-0.4, -0.2) is 24.7 Å². The Bertz CT molecular complexity index is 8930. The Balaban J connectivity index is 0.000000106. The van der Waals surface area contributed by atoms with E-state index in [2.05, 4.69) is 297 Å². The van der Waals surface area contributed by atoms with Crippen LogP contribution in [0.4, 0.5) is 11.4 Å². The third kappa shape index (κ3) is 12.0. The van der Waals surface area contributed by atoms with Crippen LogP contribution in [0.5, 0.6) is 0 Å². The van der Waals surface area contributed by atoms with Gasteiger partial charge in [-0.15, -0.1) is 0 Å². The van der Waals surface area contributed by atoms with E-state index < -0.39 is 0 Å². The summed E-state index contributed by atoms with van der Waals surface area (Å²) in [6.45, 7) is 0. The first kappa shape index (κ1) is 74.4.